The van der Waals surface area contributed by atoms with E-state index in [1.807, 2.05) is 0 Å². The number of hydrogen-bond donors (Lipinski definition) is 0. The Labute approximate surface area is 87.4 Å². The van der Waals surface area contributed by atoms with Crippen LogP contribution in [0.2, 0.25) is 0 Å². The van der Waals surface area contributed by atoms with Crippen molar-refractivity contribution in [3.05, 3.63) is 17.6 Å². The molecule has 5 nitrogen and oxygen atoms in total. The molecule has 0 radical (unpaired) electrons. The van der Waals surface area contributed by atoms with Crippen molar-refractivity contribution in [1.29, 1.82) is 0 Å². The van der Waals surface area contributed by atoms with Crippen molar-refractivity contribution < 1.29 is 14.3 Å². The highest BCUT2D eigenvalue weighted by atomic mass is 16.5. The average Bonchev–Trinajstić information content (AvgIpc) is 2.25. The van der Waals surface area contributed by atoms with Crippen molar-refractivity contribution in [3.8, 4) is 18.2 Å². The molecule has 0 unspecified atom stereocenters. The van der Waals surface area contributed by atoms with Crippen LogP contribution in [0.4, 0.5) is 0 Å². The van der Waals surface area contributed by atoms with E-state index in [1.54, 1.807) is 6.92 Å². The fraction of sp³-hybridized carbons (Fsp3) is 0.300. The largest absolute Gasteiger partial charge is 0.464 e. The minimum absolute atomic E-state index is 0.117. The number of aromatic nitrogens is 2. The van der Waals surface area contributed by atoms with Gasteiger partial charge in [0.1, 0.15) is 0 Å². The molecule has 0 aliphatic heterocycles. The Hall–Kier alpha value is -2.09. The Balaban J connectivity index is 2.89. The van der Waals surface area contributed by atoms with Crippen LogP contribution in [0.25, 0.3) is 0 Å². The van der Waals surface area contributed by atoms with E-state index in [1.165, 1.54) is 13.3 Å². The lowest BCUT2D eigenvalue weighted by Crippen LogP contribution is -2.09. The first kappa shape index (κ1) is 11.0. The maximum absolute atomic E-state index is 11.2. The van der Waals surface area contributed by atoms with E-state index in [0.717, 1.165) is 0 Å². The van der Waals surface area contributed by atoms with Crippen molar-refractivity contribution in [1.82, 2.24) is 9.97 Å². The van der Waals surface area contributed by atoms with Crippen molar-refractivity contribution in [2.24, 2.45) is 0 Å². The SMILES string of the molecule is C#CCOc1cnc(C(=O)OC)c(C)n1. The van der Waals surface area contributed by atoms with Gasteiger partial charge in [-0.2, -0.15) is 0 Å². The van der Waals surface area contributed by atoms with Crippen LogP contribution >= 0.6 is 0 Å². The smallest absolute Gasteiger partial charge is 0.358 e. The highest BCUT2D eigenvalue weighted by Gasteiger charge is 2.12. The second-order valence-electron chi connectivity index (χ2n) is 2.63. The maximum Gasteiger partial charge on any atom is 0.358 e. The molecule has 0 amide bonds. The van der Waals surface area contributed by atoms with Crippen LogP contribution in [0.1, 0.15) is 16.2 Å². The Morgan fingerprint density at radius 2 is 2.40 bits per heavy atom. The monoisotopic (exact) mass is 206 g/mol. The first-order chi connectivity index (χ1) is 7.19. The molecular weight excluding hydrogens is 196 g/mol. The van der Waals surface area contributed by atoms with Crippen LogP contribution < -0.4 is 4.74 Å². The zero-order valence-electron chi connectivity index (χ0n) is 8.48. The van der Waals surface area contributed by atoms with Crippen LogP contribution in [0.3, 0.4) is 0 Å². The number of methoxy groups -OCH3 is 1. The van der Waals surface area contributed by atoms with Gasteiger partial charge in [-0.1, -0.05) is 5.92 Å². The summed E-state index contributed by atoms with van der Waals surface area (Å²) in [6.07, 6.45) is 6.35. The molecule has 0 fully saturated rings. The second kappa shape index (κ2) is 4.96. The summed E-state index contributed by atoms with van der Waals surface area (Å²) in [5.41, 5.74) is 0.613. The molecule has 0 aliphatic rings. The van der Waals surface area contributed by atoms with Crippen LogP contribution in [0.5, 0.6) is 5.88 Å². The third-order valence-electron chi connectivity index (χ3n) is 1.61. The molecule has 1 aromatic heterocycles. The van der Waals surface area contributed by atoms with Crippen LogP contribution in [0, 0.1) is 19.3 Å². The summed E-state index contributed by atoms with van der Waals surface area (Å²) < 4.78 is 9.57. The Kier molecular flexibility index (Phi) is 3.63. The van der Waals surface area contributed by atoms with Gasteiger partial charge in [-0.3, -0.25) is 0 Å². The molecule has 0 aliphatic carbocycles. The van der Waals surface area contributed by atoms with Gasteiger partial charge in [0.25, 0.3) is 0 Å². The summed E-state index contributed by atoms with van der Waals surface area (Å²) in [5.74, 6) is 2.07. The Morgan fingerprint density at radius 1 is 1.67 bits per heavy atom. The second-order valence-corrected chi connectivity index (χ2v) is 2.63. The number of terminal acetylenes is 1. The summed E-state index contributed by atoms with van der Waals surface area (Å²) in [7, 11) is 1.28. The van der Waals surface area contributed by atoms with E-state index < -0.39 is 5.97 Å². The zero-order valence-corrected chi connectivity index (χ0v) is 8.48. The minimum atomic E-state index is -0.525. The number of ether oxygens (including phenoxy) is 2. The molecule has 0 atom stereocenters. The van der Waals surface area contributed by atoms with Gasteiger partial charge < -0.3 is 9.47 Å². The fourth-order valence-corrected chi connectivity index (χ4v) is 0.943. The number of esters is 1. The van der Waals surface area contributed by atoms with E-state index in [4.69, 9.17) is 11.2 Å². The third-order valence-corrected chi connectivity index (χ3v) is 1.61. The maximum atomic E-state index is 11.2. The van der Waals surface area contributed by atoms with Crippen LogP contribution in [0.15, 0.2) is 6.20 Å². The van der Waals surface area contributed by atoms with Gasteiger partial charge in [-0.05, 0) is 6.92 Å². The lowest BCUT2D eigenvalue weighted by molar-refractivity contribution is 0.0592. The molecular formula is C10H10N2O3. The van der Waals surface area contributed by atoms with E-state index in [9.17, 15) is 4.79 Å². The number of carbonyl (C=O) groups excluding carboxylic acids is 1. The highest BCUT2D eigenvalue weighted by molar-refractivity contribution is 5.88. The minimum Gasteiger partial charge on any atom is -0.464 e. The molecule has 0 bridgehead atoms. The molecule has 0 spiro atoms. The Bertz CT molecular complexity index is 410. The summed E-state index contributed by atoms with van der Waals surface area (Å²) in [4.78, 5) is 19.0. The van der Waals surface area contributed by atoms with Gasteiger partial charge in [-0.25, -0.2) is 14.8 Å². The zero-order chi connectivity index (χ0) is 11.3. The van der Waals surface area contributed by atoms with Crippen molar-refractivity contribution in [2.45, 2.75) is 6.92 Å². The summed E-state index contributed by atoms with van der Waals surface area (Å²) >= 11 is 0. The highest BCUT2D eigenvalue weighted by Crippen LogP contribution is 2.09. The number of hydrogen-bond acceptors (Lipinski definition) is 5. The fourth-order valence-electron chi connectivity index (χ4n) is 0.943. The van der Waals surface area contributed by atoms with Gasteiger partial charge in [0.15, 0.2) is 12.3 Å². The number of nitrogens with zero attached hydrogens (tertiary/aromatic N) is 2. The topological polar surface area (TPSA) is 61.3 Å². The molecule has 0 N–H and O–H groups in total. The molecule has 15 heavy (non-hydrogen) atoms. The number of rotatable bonds is 3. The summed E-state index contributed by atoms with van der Waals surface area (Å²) in [6, 6.07) is 0. The lowest BCUT2D eigenvalue weighted by atomic mass is 10.3. The van der Waals surface area contributed by atoms with E-state index in [2.05, 4.69) is 20.6 Å². The average molecular weight is 206 g/mol. The van der Waals surface area contributed by atoms with Gasteiger partial charge in [0, 0.05) is 0 Å². The van der Waals surface area contributed by atoms with E-state index >= 15 is 0 Å². The molecule has 1 rings (SSSR count). The summed E-state index contributed by atoms with van der Waals surface area (Å²) in [6.45, 7) is 1.76. The van der Waals surface area contributed by atoms with E-state index in [0.29, 0.717) is 5.69 Å². The van der Waals surface area contributed by atoms with Crippen LogP contribution in [-0.4, -0.2) is 29.7 Å². The molecule has 0 aromatic carbocycles. The number of aryl methyl sites for hydroxylation is 1. The molecule has 0 saturated heterocycles. The standard InChI is InChI=1S/C10H10N2O3/c1-4-5-15-8-6-11-9(7(2)12-8)10(13)14-3/h1,6H,5H2,2-3H3. The van der Waals surface area contributed by atoms with Gasteiger partial charge >= 0.3 is 5.97 Å². The summed E-state index contributed by atoms with van der Waals surface area (Å²) in [5, 5.41) is 0. The van der Waals surface area contributed by atoms with Gasteiger partial charge in [0.05, 0.1) is 19.0 Å². The molecule has 5 heteroatoms. The first-order valence-electron chi connectivity index (χ1n) is 4.17. The van der Waals surface area contributed by atoms with Gasteiger partial charge in [0.2, 0.25) is 5.88 Å². The lowest BCUT2D eigenvalue weighted by Gasteiger charge is -2.04. The molecule has 0 saturated carbocycles. The predicted octanol–water partition coefficient (Wildman–Crippen LogP) is 0.584. The predicted molar refractivity (Wildman–Crippen MR) is 52.4 cm³/mol. The van der Waals surface area contributed by atoms with Crippen molar-refractivity contribution in [2.75, 3.05) is 13.7 Å². The van der Waals surface area contributed by atoms with Gasteiger partial charge in [-0.15, -0.1) is 6.42 Å². The van der Waals surface area contributed by atoms with Crippen molar-refractivity contribution >= 4 is 5.97 Å². The molecule has 1 aromatic rings. The third kappa shape index (κ3) is 2.68. The van der Waals surface area contributed by atoms with Crippen molar-refractivity contribution in [3.63, 3.8) is 0 Å². The van der Waals surface area contributed by atoms with E-state index in [-0.39, 0.29) is 18.2 Å². The Morgan fingerprint density at radius 3 is 2.93 bits per heavy atom. The number of carbonyl (C=O) groups is 1. The first-order valence-corrected chi connectivity index (χ1v) is 4.17. The molecule has 1 heterocycles. The molecule has 78 valence electrons. The quantitative estimate of drug-likeness (QED) is 0.535. The normalized spacial score (nSPS) is 9.13. The van der Waals surface area contributed by atoms with Crippen LogP contribution in [-0.2, 0) is 4.74 Å².